The molecular formula is C21H17F2NO3. The van der Waals surface area contributed by atoms with Crippen LogP contribution in [0.3, 0.4) is 0 Å². The second kappa shape index (κ2) is 7.95. The number of carbonyl (C=O) groups excluding carboxylic acids is 2. The molecule has 4 nitrogen and oxygen atoms in total. The van der Waals surface area contributed by atoms with Gasteiger partial charge in [-0.3, -0.25) is 4.79 Å². The van der Waals surface area contributed by atoms with E-state index in [9.17, 15) is 18.4 Å². The van der Waals surface area contributed by atoms with Crippen molar-refractivity contribution in [2.45, 2.75) is 12.5 Å². The Balaban J connectivity index is 1.82. The van der Waals surface area contributed by atoms with Gasteiger partial charge in [0, 0.05) is 18.1 Å². The Kier molecular flexibility index (Phi) is 5.45. The minimum Gasteiger partial charge on any atom is -0.467 e. The zero-order chi connectivity index (χ0) is 19.4. The number of rotatable bonds is 5. The summed E-state index contributed by atoms with van der Waals surface area (Å²) in [7, 11) is 1.21. The highest BCUT2D eigenvalue weighted by Crippen LogP contribution is 2.17. The fourth-order valence-electron chi connectivity index (χ4n) is 2.86. The Morgan fingerprint density at radius 1 is 0.963 bits per heavy atom. The minimum absolute atomic E-state index is 0.182. The molecule has 1 atom stereocenters. The lowest BCUT2D eigenvalue weighted by atomic mass is 10.0. The number of hydrogen-bond acceptors (Lipinski definition) is 3. The van der Waals surface area contributed by atoms with Gasteiger partial charge in [0.1, 0.15) is 17.7 Å². The van der Waals surface area contributed by atoms with Gasteiger partial charge in [0.2, 0.25) is 0 Å². The lowest BCUT2D eigenvalue weighted by Gasteiger charge is -2.17. The van der Waals surface area contributed by atoms with Crippen molar-refractivity contribution in [2.75, 3.05) is 7.11 Å². The van der Waals surface area contributed by atoms with Crippen molar-refractivity contribution in [1.29, 1.82) is 0 Å². The molecule has 0 heterocycles. The summed E-state index contributed by atoms with van der Waals surface area (Å²) in [4.78, 5) is 24.4. The van der Waals surface area contributed by atoms with E-state index in [1.54, 1.807) is 0 Å². The van der Waals surface area contributed by atoms with Crippen molar-refractivity contribution < 1.29 is 23.1 Å². The van der Waals surface area contributed by atoms with E-state index in [1.807, 2.05) is 42.5 Å². The number of benzene rings is 3. The molecule has 0 spiro atoms. The maximum absolute atomic E-state index is 13.3. The Labute approximate surface area is 154 Å². The number of methoxy groups -OCH3 is 1. The Hall–Kier alpha value is -3.28. The van der Waals surface area contributed by atoms with Crippen LogP contribution in [0.25, 0.3) is 10.8 Å². The lowest BCUT2D eigenvalue weighted by Crippen LogP contribution is -2.43. The minimum atomic E-state index is -0.991. The van der Waals surface area contributed by atoms with Gasteiger partial charge in [-0.1, -0.05) is 42.5 Å². The van der Waals surface area contributed by atoms with E-state index in [0.29, 0.717) is 6.07 Å². The van der Waals surface area contributed by atoms with Gasteiger partial charge in [0.05, 0.1) is 7.11 Å². The second-order valence-corrected chi connectivity index (χ2v) is 6.09. The van der Waals surface area contributed by atoms with Crippen LogP contribution in [0.4, 0.5) is 8.78 Å². The monoisotopic (exact) mass is 369 g/mol. The summed E-state index contributed by atoms with van der Waals surface area (Å²) in [6.07, 6.45) is 0.182. The first-order valence-corrected chi connectivity index (χ1v) is 8.29. The molecule has 0 radical (unpaired) electrons. The largest absolute Gasteiger partial charge is 0.467 e. The number of carbonyl (C=O) groups is 2. The Morgan fingerprint density at radius 3 is 2.30 bits per heavy atom. The maximum Gasteiger partial charge on any atom is 0.328 e. The quantitative estimate of drug-likeness (QED) is 0.699. The van der Waals surface area contributed by atoms with Crippen LogP contribution >= 0.6 is 0 Å². The molecule has 0 aliphatic rings. The fourth-order valence-corrected chi connectivity index (χ4v) is 2.86. The second-order valence-electron chi connectivity index (χ2n) is 6.09. The number of ether oxygens (including phenoxy) is 1. The van der Waals surface area contributed by atoms with Gasteiger partial charge in [-0.25, -0.2) is 13.6 Å². The summed E-state index contributed by atoms with van der Waals surface area (Å²) in [6, 6.07) is 14.9. The predicted octanol–water partition coefficient (Wildman–Crippen LogP) is 3.63. The molecule has 6 heteroatoms. The van der Waals surface area contributed by atoms with Gasteiger partial charge in [0.25, 0.3) is 5.91 Å². The van der Waals surface area contributed by atoms with Crippen molar-refractivity contribution in [2.24, 2.45) is 0 Å². The standard InChI is InChI=1S/C21H17F2NO3/c1-27-21(26)19(24-20(25)16-10-17(22)12-18(23)11-16)9-13-6-7-14-4-2-3-5-15(14)8-13/h2-8,10-12,19H,9H2,1H3,(H,24,25)/t19-/m0/s1. The fraction of sp³-hybridized carbons (Fsp3) is 0.143. The molecular weight excluding hydrogens is 352 g/mol. The van der Waals surface area contributed by atoms with E-state index >= 15 is 0 Å². The number of halogens is 2. The average Bonchev–Trinajstić information content (AvgIpc) is 2.66. The highest BCUT2D eigenvalue weighted by molar-refractivity contribution is 5.97. The van der Waals surface area contributed by atoms with Crippen LogP contribution in [-0.4, -0.2) is 25.0 Å². The van der Waals surface area contributed by atoms with Crippen LogP contribution in [0.5, 0.6) is 0 Å². The van der Waals surface area contributed by atoms with Crippen LogP contribution in [0.2, 0.25) is 0 Å². The van der Waals surface area contributed by atoms with Crippen LogP contribution in [-0.2, 0) is 16.0 Å². The molecule has 0 bridgehead atoms. The van der Waals surface area contributed by atoms with Crippen molar-refractivity contribution in [3.63, 3.8) is 0 Å². The Bertz CT molecular complexity index is 983. The van der Waals surface area contributed by atoms with E-state index in [0.717, 1.165) is 28.5 Å². The first-order valence-electron chi connectivity index (χ1n) is 8.29. The van der Waals surface area contributed by atoms with E-state index in [4.69, 9.17) is 4.74 Å². The normalized spacial score (nSPS) is 11.8. The number of fused-ring (bicyclic) bond motifs is 1. The lowest BCUT2D eigenvalue weighted by molar-refractivity contribution is -0.142. The first kappa shape index (κ1) is 18.5. The van der Waals surface area contributed by atoms with Crippen LogP contribution in [0, 0.1) is 11.6 Å². The van der Waals surface area contributed by atoms with Gasteiger partial charge in [-0.05, 0) is 28.5 Å². The third-order valence-corrected chi connectivity index (χ3v) is 4.17. The number of amides is 1. The molecule has 3 aromatic rings. The summed E-state index contributed by atoms with van der Waals surface area (Å²) in [5, 5.41) is 4.54. The molecule has 0 fully saturated rings. The smallest absolute Gasteiger partial charge is 0.328 e. The highest BCUT2D eigenvalue weighted by Gasteiger charge is 2.23. The molecule has 0 saturated carbocycles. The van der Waals surface area contributed by atoms with Crippen LogP contribution in [0.1, 0.15) is 15.9 Å². The highest BCUT2D eigenvalue weighted by atomic mass is 19.1. The summed E-state index contributed by atoms with van der Waals surface area (Å²) < 4.78 is 31.4. The molecule has 0 aromatic heterocycles. The third-order valence-electron chi connectivity index (χ3n) is 4.17. The molecule has 27 heavy (non-hydrogen) atoms. The van der Waals surface area contributed by atoms with Gasteiger partial charge >= 0.3 is 5.97 Å². The zero-order valence-electron chi connectivity index (χ0n) is 14.5. The molecule has 3 aromatic carbocycles. The van der Waals surface area contributed by atoms with E-state index < -0.39 is 29.6 Å². The van der Waals surface area contributed by atoms with E-state index in [1.165, 1.54) is 7.11 Å². The van der Waals surface area contributed by atoms with Gasteiger partial charge in [-0.15, -0.1) is 0 Å². The molecule has 3 rings (SSSR count). The van der Waals surface area contributed by atoms with Crippen molar-refractivity contribution in [1.82, 2.24) is 5.32 Å². The van der Waals surface area contributed by atoms with E-state index in [2.05, 4.69) is 5.32 Å². The summed E-state index contributed by atoms with van der Waals surface area (Å²) in [5.74, 6) is -3.15. The number of hydrogen-bond donors (Lipinski definition) is 1. The molecule has 0 aliphatic carbocycles. The van der Waals surface area contributed by atoms with E-state index in [-0.39, 0.29) is 12.0 Å². The summed E-state index contributed by atoms with van der Waals surface area (Å²) in [5.41, 5.74) is 0.606. The predicted molar refractivity (Wildman–Crippen MR) is 97.3 cm³/mol. The number of esters is 1. The molecule has 1 N–H and O–H groups in total. The third kappa shape index (κ3) is 4.47. The first-order chi connectivity index (χ1) is 13.0. The summed E-state index contributed by atoms with van der Waals surface area (Å²) in [6.45, 7) is 0. The molecule has 0 saturated heterocycles. The van der Waals surface area contributed by atoms with Gasteiger partial charge in [0.15, 0.2) is 0 Å². The van der Waals surface area contributed by atoms with Crippen molar-refractivity contribution >= 4 is 22.6 Å². The van der Waals surface area contributed by atoms with Crippen molar-refractivity contribution in [3.8, 4) is 0 Å². The zero-order valence-corrected chi connectivity index (χ0v) is 14.5. The molecule has 0 aliphatic heterocycles. The van der Waals surface area contributed by atoms with Gasteiger partial charge in [-0.2, -0.15) is 0 Å². The average molecular weight is 369 g/mol. The van der Waals surface area contributed by atoms with Gasteiger partial charge < -0.3 is 10.1 Å². The van der Waals surface area contributed by atoms with Crippen LogP contribution in [0.15, 0.2) is 60.7 Å². The topological polar surface area (TPSA) is 55.4 Å². The Morgan fingerprint density at radius 2 is 1.63 bits per heavy atom. The SMILES string of the molecule is COC(=O)[C@H](Cc1ccc2ccccc2c1)NC(=O)c1cc(F)cc(F)c1. The van der Waals surface area contributed by atoms with Crippen LogP contribution < -0.4 is 5.32 Å². The molecule has 1 amide bonds. The number of nitrogens with one attached hydrogen (secondary N) is 1. The molecule has 138 valence electrons. The van der Waals surface area contributed by atoms with Crippen molar-refractivity contribution in [3.05, 3.63) is 83.4 Å². The summed E-state index contributed by atoms with van der Waals surface area (Å²) >= 11 is 0. The molecule has 0 unspecified atom stereocenters. The maximum atomic E-state index is 13.3.